The molecule has 0 spiro atoms. The van der Waals surface area contributed by atoms with Crippen LogP contribution in [0.15, 0.2) is 12.3 Å². The fraction of sp³-hybridized carbons (Fsp3) is 0.583. The fourth-order valence-corrected chi connectivity index (χ4v) is 3.17. The Morgan fingerprint density at radius 3 is 2.81 bits per heavy atom. The highest BCUT2D eigenvalue weighted by molar-refractivity contribution is 6.41. The molecule has 1 aromatic rings. The van der Waals surface area contributed by atoms with E-state index in [-0.39, 0.29) is 0 Å². The van der Waals surface area contributed by atoms with Gasteiger partial charge in [-0.15, -0.1) is 0 Å². The predicted octanol–water partition coefficient (Wildman–Crippen LogP) is 3.62. The van der Waals surface area contributed by atoms with E-state index in [2.05, 4.69) is 16.8 Å². The van der Waals surface area contributed by atoms with E-state index >= 15 is 0 Å². The zero-order valence-corrected chi connectivity index (χ0v) is 10.7. The van der Waals surface area contributed by atoms with Crippen LogP contribution >= 0.6 is 23.2 Å². The number of anilines is 1. The van der Waals surface area contributed by atoms with Gasteiger partial charge in [-0.1, -0.05) is 30.1 Å². The molecule has 3 rings (SSSR count). The maximum Gasteiger partial charge on any atom is 0.147 e. The van der Waals surface area contributed by atoms with Crippen LogP contribution in [0.2, 0.25) is 10.2 Å². The molecule has 86 valence electrons. The lowest BCUT2D eigenvalue weighted by atomic mass is 9.64. The smallest absolute Gasteiger partial charge is 0.147 e. The number of nitrogens with zero attached hydrogens (tertiary/aromatic N) is 2. The molecule has 1 saturated heterocycles. The molecular formula is C12H14Cl2N2. The van der Waals surface area contributed by atoms with E-state index in [9.17, 15) is 0 Å². The minimum atomic E-state index is 0.388. The number of halogens is 2. The van der Waals surface area contributed by atoms with Crippen molar-refractivity contribution in [2.75, 3.05) is 18.0 Å². The second-order valence-electron chi connectivity index (χ2n) is 5.24. The monoisotopic (exact) mass is 256 g/mol. The van der Waals surface area contributed by atoms with Gasteiger partial charge in [0.15, 0.2) is 0 Å². The summed E-state index contributed by atoms with van der Waals surface area (Å²) in [6.07, 6.45) is 4.53. The molecule has 1 aliphatic heterocycles. The van der Waals surface area contributed by atoms with E-state index in [0.717, 1.165) is 24.7 Å². The van der Waals surface area contributed by atoms with Crippen LogP contribution in [-0.4, -0.2) is 18.1 Å². The number of hydrogen-bond acceptors (Lipinski definition) is 2. The van der Waals surface area contributed by atoms with Crippen LogP contribution in [0, 0.1) is 11.3 Å². The summed E-state index contributed by atoms with van der Waals surface area (Å²) in [5.41, 5.74) is 1.62. The normalized spacial score (nSPS) is 32.4. The quantitative estimate of drug-likeness (QED) is 0.714. The molecule has 0 bridgehead atoms. The number of hydrogen-bond donors (Lipinski definition) is 0. The van der Waals surface area contributed by atoms with Crippen molar-refractivity contribution in [1.82, 2.24) is 4.98 Å². The van der Waals surface area contributed by atoms with Crippen molar-refractivity contribution in [3.63, 3.8) is 0 Å². The number of pyridine rings is 1. The number of rotatable bonds is 1. The Hall–Kier alpha value is -0.470. The highest BCUT2D eigenvalue weighted by atomic mass is 35.5. The molecule has 0 amide bonds. The summed E-state index contributed by atoms with van der Waals surface area (Å²) < 4.78 is 0. The summed E-state index contributed by atoms with van der Waals surface area (Å²) in [4.78, 5) is 6.49. The first kappa shape index (κ1) is 10.7. The standard InChI is InChI=1S/C12H14Cl2N2/c1-12-3-2-8(12)6-16(7-12)9-4-10(13)11(14)15-5-9/h4-5,8H,2-3,6-7H2,1H3/t8-,12+/m1/s1. The first-order chi connectivity index (χ1) is 7.58. The zero-order valence-electron chi connectivity index (χ0n) is 9.21. The van der Waals surface area contributed by atoms with Gasteiger partial charge in [0, 0.05) is 13.1 Å². The van der Waals surface area contributed by atoms with Crippen LogP contribution in [0.1, 0.15) is 19.8 Å². The molecule has 2 fully saturated rings. The molecule has 4 heteroatoms. The van der Waals surface area contributed by atoms with E-state index in [1.54, 1.807) is 0 Å². The second kappa shape index (κ2) is 3.51. The topological polar surface area (TPSA) is 16.1 Å². The Balaban J connectivity index is 1.86. The lowest BCUT2D eigenvalue weighted by molar-refractivity contribution is 0.111. The number of fused-ring (bicyclic) bond motifs is 1. The van der Waals surface area contributed by atoms with Gasteiger partial charge in [-0.2, -0.15) is 0 Å². The number of aromatic nitrogens is 1. The third-order valence-electron chi connectivity index (χ3n) is 4.19. The first-order valence-electron chi connectivity index (χ1n) is 5.64. The Kier molecular flexibility index (Phi) is 2.34. The Morgan fingerprint density at radius 2 is 2.31 bits per heavy atom. The van der Waals surface area contributed by atoms with Crippen molar-refractivity contribution >= 4 is 28.9 Å². The maximum absolute atomic E-state index is 5.99. The maximum atomic E-state index is 5.99. The van der Waals surface area contributed by atoms with Crippen molar-refractivity contribution in [3.8, 4) is 0 Å². The van der Waals surface area contributed by atoms with Crippen LogP contribution in [0.25, 0.3) is 0 Å². The van der Waals surface area contributed by atoms with Crippen LogP contribution in [0.5, 0.6) is 0 Å². The van der Waals surface area contributed by atoms with Gasteiger partial charge in [-0.25, -0.2) is 4.98 Å². The molecule has 1 aromatic heterocycles. The van der Waals surface area contributed by atoms with Gasteiger partial charge in [0.1, 0.15) is 5.15 Å². The minimum Gasteiger partial charge on any atom is -0.369 e. The lowest BCUT2D eigenvalue weighted by Gasteiger charge is -2.40. The summed E-state index contributed by atoms with van der Waals surface area (Å²) in [6.45, 7) is 4.64. The second-order valence-corrected chi connectivity index (χ2v) is 6.00. The van der Waals surface area contributed by atoms with Crippen molar-refractivity contribution in [2.45, 2.75) is 19.8 Å². The molecule has 1 saturated carbocycles. The van der Waals surface area contributed by atoms with Crippen LogP contribution in [-0.2, 0) is 0 Å². The van der Waals surface area contributed by atoms with Gasteiger partial charge in [0.2, 0.25) is 0 Å². The average Bonchev–Trinajstić information content (AvgIpc) is 2.47. The molecule has 2 nitrogen and oxygen atoms in total. The molecule has 2 heterocycles. The third-order valence-corrected chi connectivity index (χ3v) is 4.88. The van der Waals surface area contributed by atoms with Crippen molar-refractivity contribution < 1.29 is 0 Å². The SMILES string of the molecule is C[C@@]12CC[C@@H]1CN(c1cnc(Cl)c(Cl)c1)C2. The molecule has 0 aromatic carbocycles. The van der Waals surface area contributed by atoms with E-state index in [1.165, 1.54) is 12.8 Å². The molecular weight excluding hydrogens is 243 g/mol. The van der Waals surface area contributed by atoms with Crippen LogP contribution in [0.3, 0.4) is 0 Å². The highest BCUT2D eigenvalue weighted by Gasteiger charge is 2.49. The molecule has 0 radical (unpaired) electrons. The summed E-state index contributed by atoms with van der Waals surface area (Å²) >= 11 is 11.8. The molecule has 0 N–H and O–H groups in total. The lowest BCUT2D eigenvalue weighted by Crippen LogP contribution is -2.35. The van der Waals surface area contributed by atoms with Gasteiger partial charge < -0.3 is 4.90 Å². The molecule has 2 aliphatic rings. The van der Waals surface area contributed by atoms with Crippen molar-refractivity contribution in [3.05, 3.63) is 22.4 Å². The van der Waals surface area contributed by atoms with E-state index in [1.807, 2.05) is 12.3 Å². The van der Waals surface area contributed by atoms with Crippen molar-refractivity contribution in [1.29, 1.82) is 0 Å². The van der Waals surface area contributed by atoms with Gasteiger partial charge >= 0.3 is 0 Å². The molecule has 0 unspecified atom stereocenters. The van der Waals surface area contributed by atoms with Gasteiger partial charge in [-0.3, -0.25) is 0 Å². The summed E-state index contributed by atoms with van der Waals surface area (Å²) in [5.74, 6) is 0.849. The average molecular weight is 257 g/mol. The van der Waals surface area contributed by atoms with Crippen LogP contribution in [0.4, 0.5) is 5.69 Å². The van der Waals surface area contributed by atoms with Gasteiger partial charge in [0.25, 0.3) is 0 Å². The molecule has 16 heavy (non-hydrogen) atoms. The molecule has 1 aliphatic carbocycles. The third kappa shape index (κ3) is 1.51. The fourth-order valence-electron chi connectivity index (χ4n) is 2.91. The zero-order chi connectivity index (χ0) is 11.3. The summed E-state index contributed by atoms with van der Waals surface area (Å²) in [5, 5.41) is 0.933. The highest BCUT2D eigenvalue weighted by Crippen LogP contribution is 2.52. The molecule has 2 atom stereocenters. The van der Waals surface area contributed by atoms with E-state index in [4.69, 9.17) is 23.2 Å². The minimum absolute atomic E-state index is 0.388. The first-order valence-corrected chi connectivity index (χ1v) is 6.40. The largest absolute Gasteiger partial charge is 0.369 e. The van der Waals surface area contributed by atoms with E-state index in [0.29, 0.717) is 15.6 Å². The van der Waals surface area contributed by atoms with Gasteiger partial charge in [-0.05, 0) is 30.2 Å². The van der Waals surface area contributed by atoms with Crippen LogP contribution < -0.4 is 4.90 Å². The summed E-state index contributed by atoms with van der Waals surface area (Å²) in [6, 6.07) is 1.92. The summed E-state index contributed by atoms with van der Waals surface area (Å²) in [7, 11) is 0. The Labute approximate surface area is 106 Å². The predicted molar refractivity (Wildman–Crippen MR) is 67.3 cm³/mol. The van der Waals surface area contributed by atoms with Crippen molar-refractivity contribution in [2.24, 2.45) is 11.3 Å². The van der Waals surface area contributed by atoms with Gasteiger partial charge in [0.05, 0.1) is 16.9 Å². The Bertz CT molecular complexity index is 435. The Morgan fingerprint density at radius 1 is 1.50 bits per heavy atom. The van der Waals surface area contributed by atoms with E-state index < -0.39 is 0 Å².